The van der Waals surface area contributed by atoms with Crippen LogP contribution in [-0.4, -0.2) is 51.6 Å². The van der Waals surface area contributed by atoms with E-state index in [1.807, 2.05) is 12.1 Å². The van der Waals surface area contributed by atoms with Gasteiger partial charge >= 0.3 is 0 Å². The molecule has 0 aliphatic carbocycles. The summed E-state index contributed by atoms with van der Waals surface area (Å²) in [6.07, 6.45) is 0.250. The summed E-state index contributed by atoms with van der Waals surface area (Å²) in [5, 5.41) is 2.90. The zero-order valence-electron chi connectivity index (χ0n) is 17.4. The van der Waals surface area contributed by atoms with Crippen LogP contribution in [0.2, 0.25) is 0 Å². The fourth-order valence-corrected chi connectivity index (χ4v) is 4.51. The largest absolute Gasteiger partial charge is 0.376 e. The molecule has 2 aromatic carbocycles. The van der Waals surface area contributed by atoms with Crippen LogP contribution in [0.5, 0.6) is 0 Å². The Morgan fingerprint density at radius 1 is 1.17 bits per heavy atom. The van der Waals surface area contributed by atoms with Crippen molar-refractivity contribution in [2.45, 2.75) is 37.9 Å². The van der Waals surface area contributed by atoms with Crippen molar-refractivity contribution in [3.05, 3.63) is 65.2 Å². The fourth-order valence-electron chi connectivity index (χ4n) is 3.47. The number of benzene rings is 2. The summed E-state index contributed by atoms with van der Waals surface area (Å²) < 4.78 is 32.0. The molecule has 1 saturated heterocycles. The van der Waals surface area contributed by atoms with Crippen molar-refractivity contribution in [3.63, 3.8) is 0 Å². The highest BCUT2D eigenvalue weighted by Crippen LogP contribution is 2.13. The van der Waals surface area contributed by atoms with Crippen molar-refractivity contribution < 1.29 is 17.9 Å². The third kappa shape index (κ3) is 6.12. The maximum Gasteiger partial charge on any atom is 0.251 e. The van der Waals surface area contributed by atoms with Crippen molar-refractivity contribution in [2.24, 2.45) is 0 Å². The third-order valence-electron chi connectivity index (χ3n) is 4.94. The van der Waals surface area contributed by atoms with E-state index in [4.69, 9.17) is 4.74 Å². The Morgan fingerprint density at radius 3 is 2.60 bits per heavy atom. The first kappa shape index (κ1) is 22.4. The average Bonchev–Trinajstić information content (AvgIpc) is 2.72. The normalized spacial score (nSPS) is 17.6. The van der Waals surface area contributed by atoms with Crippen LogP contribution in [-0.2, 0) is 27.8 Å². The molecule has 0 bridgehead atoms. The molecule has 2 N–H and O–H groups in total. The molecule has 0 radical (unpaired) electrons. The first-order valence-electron chi connectivity index (χ1n) is 10.2. The molecule has 7 nitrogen and oxygen atoms in total. The van der Waals surface area contributed by atoms with Gasteiger partial charge in [0.15, 0.2) is 0 Å². The Morgan fingerprint density at radius 2 is 1.90 bits per heavy atom. The summed E-state index contributed by atoms with van der Waals surface area (Å²) in [6.45, 7) is 7.97. The molecule has 1 atom stereocenters. The molecular weight excluding hydrogens is 402 g/mol. The standard InChI is InChI=1S/C22H29N3O4S/c1-3-24-30(27,28)21-9-7-20(8-10-21)22(26)23-14-18-5-4-6-19(13-18)16-25-11-12-29-17(2)15-25/h4-10,13,17,24H,3,11-12,14-16H2,1-2H3,(H,23,26). The summed E-state index contributed by atoms with van der Waals surface area (Å²) in [7, 11) is -3.52. The van der Waals surface area contributed by atoms with Gasteiger partial charge in [-0.1, -0.05) is 31.2 Å². The number of amides is 1. The molecule has 8 heteroatoms. The molecule has 2 aromatic rings. The molecule has 1 amide bonds. The van der Waals surface area contributed by atoms with Crippen LogP contribution in [0.3, 0.4) is 0 Å². The van der Waals surface area contributed by atoms with Crippen LogP contribution in [0, 0.1) is 0 Å². The van der Waals surface area contributed by atoms with Crippen LogP contribution in [0.15, 0.2) is 53.4 Å². The van der Waals surface area contributed by atoms with Crippen LogP contribution in [0.25, 0.3) is 0 Å². The second kappa shape index (κ2) is 10.2. The predicted octanol–water partition coefficient (Wildman–Crippen LogP) is 2.14. The molecule has 1 aliphatic rings. The van der Waals surface area contributed by atoms with Gasteiger partial charge in [-0.2, -0.15) is 0 Å². The van der Waals surface area contributed by atoms with Gasteiger partial charge in [0.25, 0.3) is 5.91 Å². The number of morpholine rings is 1. The lowest BCUT2D eigenvalue weighted by Gasteiger charge is -2.31. The van der Waals surface area contributed by atoms with Crippen molar-refractivity contribution in [1.82, 2.24) is 14.9 Å². The second-order valence-corrected chi connectivity index (χ2v) is 9.21. The number of nitrogens with zero attached hydrogens (tertiary/aromatic N) is 1. The summed E-state index contributed by atoms with van der Waals surface area (Å²) in [4.78, 5) is 15.0. The minimum absolute atomic E-state index is 0.144. The number of nitrogens with one attached hydrogen (secondary N) is 2. The van der Waals surface area contributed by atoms with Gasteiger partial charge in [-0.15, -0.1) is 0 Å². The number of hydrogen-bond donors (Lipinski definition) is 2. The topological polar surface area (TPSA) is 87.7 Å². The Balaban J connectivity index is 1.57. The fraction of sp³-hybridized carbons (Fsp3) is 0.409. The minimum Gasteiger partial charge on any atom is -0.376 e. The Bertz CT molecular complexity index is 961. The average molecular weight is 432 g/mol. The van der Waals surface area contributed by atoms with Gasteiger partial charge < -0.3 is 10.1 Å². The van der Waals surface area contributed by atoms with Crippen LogP contribution in [0.4, 0.5) is 0 Å². The van der Waals surface area contributed by atoms with Crippen molar-refractivity contribution in [2.75, 3.05) is 26.2 Å². The lowest BCUT2D eigenvalue weighted by Crippen LogP contribution is -2.40. The van der Waals surface area contributed by atoms with Crippen molar-refractivity contribution >= 4 is 15.9 Å². The molecule has 3 rings (SSSR count). The minimum atomic E-state index is -3.52. The van der Waals surface area contributed by atoms with Gasteiger partial charge in [-0.25, -0.2) is 13.1 Å². The first-order chi connectivity index (χ1) is 14.4. The van der Waals surface area contributed by atoms with E-state index in [1.54, 1.807) is 6.92 Å². The van der Waals surface area contributed by atoms with Gasteiger partial charge in [0.1, 0.15) is 0 Å². The lowest BCUT2D eigenvalue weighted by atomic mass is 10.1. The molecule has 0 spiro atoms. The summed E-state index contributed by atoms with van der Waals surface area (Å²) in [5.41, 5.74) is 2.64. The molecule has 162 valence electrons. The lowest BCUT2D eigenvalue weighted by molar-refractivity contribution is -0.0212. The molecule has 0 saturated carbocycles. The number of ether oxygens (including phenoxy) is 1. The molecule has 1 aliphatic heterocycles. The van der Waals surface area contributed by atoms with Crippen LogP contribution in [0.1, 0.15) is 35.3 Å². The maximum absolute atomic E-state index is 12.4. The van der Waals surface area contributed by atoms with Gasteiger partial charge in [0.2, 0.25) is 10.0 Å². The van der Waals surface area contributed by atoms with Gasteiger partial charge in [0.05, 0.1) is 17.6 Å². The highest BCUT2D eigenvalue weighted by molar-refractivity contribution is 7.89. The highest BCUT2D eigenvalue weighted by Gasteiger charge is 2.17. The first-order valence-corrected chi connectivity index (χ1v) is 11.7. The Labute approximate surface area is 178 Å². The highest BCUT2D eigenvalue weighted by atomic mass is 32.2. The SMILES string of the molecule is CCNS(=O)(=O)c1ccc(C(=O)NCc2cccc(CN3CCOC(C)C3)c2)cc1. The number of sulfonamides is 1. The van der Waals surface area contributed by atoms with E-state index in [0.29, 0.717) is 18.7 Å². The van der Waals surface area contributed by atoms with Gasteiger partial charge in [-0.3, -0.25) is 9.69 Å². The van der Waals surface area contributed by atoms with E-state index >= 15 is 0 Å². The predicted molar refractivity (Wildman–Crippen MR) is 116 cm³/mol. The van der Waals surface area contributed by atoms with Crippen molar-refractivity contribution in [3.8, 4) is 0 Å². The van der Waals surface area contributed by atoms with E-state index < -0.39 is 10.0 Å². The molecule has 0 aromatic heterocycles. The zero-order chi connectivity index (χ0) is 21.6. The zero-order valence-corrected chi connectivity index (χ0v) is 18.2. The quantitative estimate of drug-likeness (QED) is 0.669. The molecule has 30 heavy (non-hydrogen) atoms. The van der Waals surface area contributed by atoms with Crippen molar-refractivity contribution in [1.29, 1.82) is 0 Å². The number of hydrogen-bond acceptors (Lipinski definition) is 5. The summed E-state index contributed by atoms with van der Waals surface area (Å²) in [5.74, 6) is -0.241. The van der Waals surface area contributed by atoms with E-state index in [0.717, 1.165) is 31.8 Å². The van der Waals surface area contributed by atoms with E-state index in [2.05, 4.69) is 34.0 Å². The van der Waals surface area contributed by atoms with Gasteiger partial charge in [-0.05, 0) is 42.3 Å². The number of rotatable bonds is 8. The van der Waals surface area contributed by atoms with E-state index in [9.17, 15) is 13.2 Å². The smallest absolute Gasteiger partial charge is 0.251 e. The molecule has 1 unspecified atom stereocenters. The molecule has 1 fully saturated rings. The van der Waals surface area contributed by atoms with Gasteiger partial charge in [0, 0.05) is 38.3 Å². The van der Waals surface area contributed by atoms with E-state index in [-0.39, 0.29) is 16.9 Å². The monoisotopic (exact) mass is 431 g/mol. The molecular formula is C22H29N3O4S. The maximum atomic E-state index is 12.4. The van der Waals surface area contributed by atoms with E-state index in [1.165, 1.54) is 29.8 Å². The Kier molecular flexibility index (Phi) is 7.60. The van der Waals surface area contributed by atoms with Crippen LogP contribution >= 0.6 is 0 Å². The second-order valence-electron chi connectivity index (χ2n) is 7.44. The van der Waals surface area contributed by atoms with Crippen LogP contribution < -0.4 is 10.0 Å². The summed E-state index contributed by atoms with van der Waals surface area (Å²) in [6, 6.07) is 14.1. The Hall–Kier alpha value is -2.26. The number of carbonyl (C=O) groups excluding carboxylic acids is 1. The molecule has 1 heterocycles. The number of carbonyl (C=O) groups is 1. The third-order valence-corrected chi connectivity index (χ3v) is 6.50. The summed E-state index contributed by atoms with van der Waals surface area (Å²) >= 11 is 0.